The molecular weight excluding hydrogens is 296 g/mol. The van der Waals surface area contributed by atoms with E-state index in [-0.39, 0.29) is 24.4 Å². The van der Waals surface area contributed by atoms with Crippen molar-refractivity contribution in [2.75, 3.05) is 26.5 Å². The number of rotatable bonds is 6. The van der Waals surface area contributed by atoms with Crippen molar-refractivity contribution in [1.82, 2.24) is 4.90 Å². The number of hydrogen-bond acceptors (Lipinski definition) is 6. The Morgan fingerprint density at radius 1 is 1.43 bits per heavy atom. The molecule has 0 radical (unpaired) electrons. The Hall–Kier alpha value is -2.09. The number of carbonyl (C=O) groups is 2. The van der Waals surface area contributed by atoms with E-state index >= 15 is 0 Å². The van der Waals surface area contributed by atoms with E-state index in [0.717, 1.165) is 9.80 Å². The van der Waals surface area contributed by atoms with Crippen LogP contribution in [0.2, 0.25) is 0 Å². The minimum Gasteiger partial charge on any atom is -0.465 e. The fraction of sp³-hybridized carbons (Fsp3) is 0.385. The fourth-order valence-corrected chi connectivity index (χ4v) is 2.09. The average molecular weight is 312 g/mol. The van der Waals surface area contributed by atoms with Gasteiger partial charge in [-0.15, -0.1) is 11.8 Å². The molecule has 0 saturated heterocycles. The van der Waals surface area contributed by atoms with Crippen LogP contribution in [0.5, 0.6) is 0 Å². The summed E-state index contributed by atoms with van der Waals surface area (Å²) < 4.78 is 4.75. The van der Waals surface area contributed by atoms with Gasteiger partial charge in [-0.25, -0.2) is 0 Å². The number of amides is 1. The largest absolute Gasteiger partial charge is 0.465 e. The number of carbonyl (C=O) groups excluding carboxylic acids is 2. The number of nitro groups is 1. The van der Waals surface area contributed by atoms with Crippen LogP contribution in [0.25, 0.3) is 0 Å². The zero-order chi connectivity index (χ0) is 16.0. The number of likely N-dealkylation sites (N-methyl/N-ethyl adjacent to an activating group) is 1. The van der Waals surface area contributed by atoms with Gasteiger partial charge in [0.25, 0.3) is 11.6 Å². The van der Waals surface area contributed by atoms with Crippen LogP contribution in [0, 0.1) is 10.1 Å². The summed E-state index contributed by atoms with van der Waals surface area (Å²) in [5, 5.41) is 11.0. The Morgan fingerprint density at radius 3 is 2.62 bits per heavy atom. The summed E-state index contributed by atoms with van der Waals surface area (Å²) in [5.41, 5.74) is -0.327. The molecule has 0 saturated carbocycles. The van der Waals surface area contributed by atoms with E-state index < -0.39 is 16.8 Å². The molecule has 114 valence electrons. The van der Waals surface area contributed by atoms with Gasteiger partial charge in [0.1, 0.15) is 12.1 Å². The molecule has 0 unspecified atom stereocenters. The molecule has 0 N–H and O–H groups in total. The molecule has 0 aromatic heterocycles. The van der Waals surface area contributed by atoms with E-state index in [4.69, 9.17) is 4.74 Å². The maximum Gasteiger partial charge on any atom is 0.325 e. The lowest BCUT2D eigenvalue weighted by Gasteiger charge is -2.16. The zero-order valence-corrected chi connectivity index (χ0v) is 12.8. The quantitative estimate of drug-likeness (QED) is 0.345. The third-order valence-corrected chi connectivity index (χ3v) is 3.37. The van der Waals surface area contributed by atoms with E-state index in [1.165, 1.54) is 30.9 Å². The van der Waals surface area contributed by atoms with Crippen LogP contribution in [0.3, 0.4) is 0 Å². The van der Waals surface area contributed by atoms with Crippen molar-refractivity contribution in [1.29, 1.82) is 0 Å². The number of ether oxygens (including phenoxy) is 1. The molecule has 0 aliphatic rings. The van der Waals surface area contributed by atoms with Gasteiger partial charge >= 0.3 is 5.97 Å². The van der Waals surface area contributed by atoms with Gasteiger partial charge in [-0.1, -0.05) is 0 Å². The minimum absolute atomic E-state index is 0.0429. The Labute approximate surface area is 126 Å². The molecule has 0 bridgehead atoms. The van der Waals surface area contributed by atoms with Gasteiger partial charge in [0.15, 0.2) is 0 Å². The molecule has 1 amide bonds. The number of hydrogen-bond donors (Lipinski definition) is 0. The molecule has 7 nitrogen and oxygen atoms in total. The molecule has 8 heteroatoms. The Morgan fingerprint density at radius 2 is 2.10 bits per heavy atom. The number of benzene rings is 1. The lowest BCUT2D eigenvalue weighted by atomic mass is 10.1. The SMILES string of the molecule is CCOC(=O)CN(C)C(=O)c1cc(SC)ccc1[N+](=O)[O-]. The Balaban J connectivity index is 3.04. The van der Waals surface area contributed by atoms with E-state index in [0.29, 0.717) is 0 Å². The molecule has 1 aromatic carbocycles. The Bertz CT molecular complexity index is 561. The first-order valence-electron chi connectivity index (χ1n) is 6.14. The predicted molar refractivity (Wildman–Crippen MR) is 78.5 cm³/mol. The summed E-state index contributed by atoms with van der Waals surface area (Å²) in [4.78, 5) is 35.9. The summed E-state index contributed by atoms with van der Waals surface area (Å²) in [7, 11) is 1.40. The minimum atomic E-state index is -0.616. The highest BCUT2D eigenvalue weighted by atomic mass is 32.2. The molecule has 0 atom stereocenters. The van der Waals surface area contributed by atoms with Gasteiger partial charge in [-0.05, 0) is 25.3 Å². The molecule has 0 aliphatic carbocycles. The number of nitro benzene ring substituents is 1. The van der Waals surface area contributed by atoms with Crippen LogP contribution in [0.4, 0.5) is 5.69 Å². The monoisotopic (exact) mass is 312 g/mol. The maximum atomic E-state index is 12.3. The lowest BCUT2D eigenvalue weighted by Crippen LogP contribution is -2.33. The summed E-state index contributed by atoms with van der Waals surface area (Å²) in [6.07, 6.45) is 1.80. The second-order valence-corrected chi connectivity index (χ2v) is 4.99. The van der Waals surface area contributed by atoms with Crippen molar-refractivity contribution >= 4 is 29.3 Å². The first-order valence-corrected chi connectivity index (χ1v) is 7.36. The molecule has 0 aliphatic heterocycles. The number of esters is 1. The molecular formula is C13H16N2O5S. The summed E-state index contributed by atoms with van der Waals surface area (Å²) in [5.74, 6) is -1.15. The van der Waals surface area contributed by atoms with Crippen molar-refractivity contribution in [3.63, 3.8) is 0 Å². The topological polar surface area (TPSA) is 89.8 Å². The highest BCUT2D eigenvalue weighted by Gasteiger charge is 2.24. The van der Waals surface area contributed by atoms with Crippen LogP contribution < -0.4 is 0 Å². The maximum absolute atomic E-state index is 12.3. The highest BCUT2D eigenvalue weighted by molar-refractivity contribution is 7.98. The number of nitrogens with zero attached hydrogens (tertiary/aromatic N) is 2. The van der Waals surface area contributed by atoms with Crippen LogP contribution in [-0.2, 0) is 9.53 Å². The normalized spacial score (nSPS) is 10.0. The van der Waals surface area contributed by atoms with E-state index in [9.17, 15) is 19.7 Å². The molecule has 1 aromatic rings. The van der Waals surface area contributed by atoms with Crippen molar-refractivity contribution in [2.24, 2.45) is 0 Å². The third kappa shape index (κ3) is 4.45. The summed E-state index contributed by atoms with van der Waals surface area (Å²) in [6.45, 7) is 1.61. The van der Waals surface area contributed by atoms with Crippen molar-refractivity contribution < 1.29 is 19.2 Å². The van der Waals surface area contributed by atoms with Crippen LogP contribution >= 0.6 is 11.8 Å². The van der Waals surface area contributed by atoms with Gasteiger partial charge in [-0.2, -0.15) is 0 Å². The first-order chi connectivity index (χ1) is 9.90. The summed E-state index contributed by atoms with van der Waals surface area (Å²) >= 11 is 1.37. The number of thioether (sulfide) groups is 1. The second kappa shape index (κ2) is 7.63. The van der Waals surface area contributed by atoms with Gasteiger partial charge in [0, 0.05) is 18.0 Å². The third-order valence-electron chi connectivity index (χ3n) is 2.65. The molecule has 0 spiro atoms. The highest BCUT2D eigenvalue weighted by Crippen LogP contribution is 2.25. The second-order valence-electron chi connectivity index (χ2n) is 4.11. The van der Waals surface area contributed by atoms with Crippen molar-refractivity contribution in [2.45, 2.75) is 11.8 Å². The smallest absolute Gasteiger partial charge is 0.325 e. The predicted octanol–water partition coefficient (Wildman–Crippen LogP) is 1.95. The molecule has 0 fully saturated rings. The van der Waals surface area contributed by atoms with Gasteiger partial charge < -0.3 is 9.64 Å². The van der Waals surface area contributed by atoms with Crippen molar-refractivity contribution in [3.05, 3.63) is 33.9 Å². The molecule has 0 heterocycles. The Kier molecular flexibility index (Phi) is 6.16. The zero-order valence-electron chi connectivity index (χ0n) is 12.0. The molecule has 21 heavy (non-hydrogen) atoms. The lowest BCUT2D eigenvalue weighted by molar-refractivity contribution is -0.385. The summed E-state index contributed by atoms with van der Waals surface area (Å²) in [6, 6.07) is 4.31. The van der Waals surface area contributed by atoms with Crippen LogP contribution in [0.15, 0.2) is 23.1 Å². The standard InChI is InChI=1S/C13H16N2O5S/c1-4-20-12(16)8-14(2)13(17)10-7-9(21-3)5-6-11(10)15(18)19/h5-7H,4,8H2,1-3H3. The van der Waals surface area contributed by atoms with Gasteiger partial charge in [-0.3, -0.25) is 19.7 Å². The van der Waals surface area contributed by atoms with Crippen LogP contribution in [0.1, 0.15) is 17.3 Å². The van der Waals surface area contributed by atoms with Crippen LogP contribution in [-0.4, -0.2) is 48.2 Å². The first kappa shape index (κ1) is 17.0. The average Bonchev–Trinajstić information content (AvgIpc) is 2.45. The van der Waals surface area contributed by atoms with E-state index in [2.05, 4.69) is 0 Å². The van der Waals surface area contributed by atoms with E-state index in [1.54, 1.807) is 19.2 Å². The van der Waals surface area contributed by atoms with Gasteiger partial charge in [0.2, 0.25) is 0 Å². The van der Waals surface area contributed by atoms with Gasteiger partial charge in [0.05, 0.1) is 11.5 Å². The van der Waals surface area contributed by atoms with E-state index in [1.807, 2.05) is 0 Å². The molecule has 1 rings (SSSR count). The fourth-order valence-electron chi connectivity index (χ4n) is 1.65. The van der Waals surface area contributed by atoms with Crippen molar-refractivity contribution in [3.8, 4) is 0 Å².